The molecule has 0 saturated carbocycles. The van der Waals surface area contributed by atoms with Crippen LogP contribution in [0.5, 0.6) is 23.0 Å². The molecule has 0 fully saturated rings. The highest BCUT2D eigenvalue weighted by molar-refractivity contribution is 9.09. The largest absolute Gasteiger partial charge is 0.493 e. The third-order valence-electron chi connectivity index (χ3n) is 13.1. The average Bonchev–Trinajstić information content (AvgIpc) is 3.24. The van der Waals surface area contributed by atoms with Crippen LogP contribution >= 0.6 is 63.7 Å². The van der Waals surface area contributed by atoms with Gasteiger partial charge < -0.3 is 18.9 Å². The fourth-order valence-corrected chi connectivity index (χ4v) is 10.4. The Labute approximate surface area is 447 Å². The molecular formula is C60H84Br4O4. The molecule has 4 nitrogen and oxygen atoms in total. The summed E-state index contributed by atoms with van der Waals surface area (Å²) in [6.45, 7) is 30.7. The van der Waals surface area contributed by atoms with E-state index in [2.05, 4.69) is 195 Å². The van der Waals surface area contributed by atoms with E-state index in [0.717, 1.165) is 95.7 Å². The molecule has 8 bridgehead atoms. The highest BCUT2D eigenvalue weighted by Gasteiger charge is 2.29. The molecule has 0 amide bonds. The summed E-state index contributed by atoms with van der Waals surface area (Å²) in [5, 5.41) is 3.83. The quantitative estimate of drug-likeness (QED) is 0.0575. The van der Waals surface area contributed by atoms with Crippen LogP contribution in [0.1, 0.15) is 201 Å². The van der Waals surface area contributed by atoms with E-state index in [0.29, 0.717) is 52.1 Å². The molecule has 4 aromatic carbocycles. The third-order valence-corrected chi connectivity index (χ3v) is 15.3. The summed E-state index contributed by atoms with van der Waals surface area (Å²) in [5.41, 5.74) is 14.5. The number of alkyl halides is 4. The lowest BCUT2D eigenvalue weighted by Gasteiger charge is -2.29. The lowest BCUT2D eigenvalue weighted by molar-refractivity contribution is 0.297. The summed E-state index contributed by atoms with van der Waals surface area (Å²) in [7, 11) is 0. The van der Waals surface area contributed by atoms with Crippen LogP contribution < -0.4 is 18.9 Å². The maximum absolute atomic E-state index is 7.15. The summed E-state index contributed by atoms with van der Waals surface area (Å²) in [5.74, 6) is 4.00. The Balaban J connectivity index is 1.99. The van der Waals surface area contributed by atoms with Crippen molar-refractivity contribution in [1.82, 2.24) is 0 Å². The van der Waals surface area contributed by atoms with Crippen LogP contribution in [0.15, 0.2) is 48.5 Å². The third kappa shape index (κ3) is 16.0. The molecule has 0 unspecified atom stereocenters. The van der Waals surface area contributed by atoms with Gasteiger partial charge in [-0.25, -0.2) is 0 Å². The van der Waals surface area contributed by atoms with Gasteiger partial charge in [0.05, 0.1) is 26.4 Å². The fourth-order valence-electron chi connectivity index (χ4n) is 8.85. The predicted molar refractivity (Wildman–Crippen MR) is 306 cm³/mol. The van der Waals surface area contributed by atoms with E-state index in [4.69, 9.17) is 18.9 Å². The minimum Gasteiger partial charge on any atom is -0.493 e. The molecule has 0 aromatic heterocycles. The maximum atomic E-state index is 7.15. The van der Waals surface area contributed by atoms with E-state index in [1.165, 1.54) is 66.8 Å². The molecule has 1 aliphatic rings. The van der Waals surface area contributed by atoms with Gasteiger partial charge in [0.2, 0.25) is 0 Å². The number of ether oxygens (including phenoxy) is 4. The zero-order chi connectivity index (χ0) is 49.9. The first kappa shape index (κ1) is 56.9. The zero-order valence-electron chi connectivity index (χ0n) is 43.9. The Morgan fingerprint density at radius 2 is 0.456 bits per heavy atom. The van der Waals surface area contributed by atoms with Gasteiger partial charge in [-0.05, 0) is 140 Å². The minimum atomic E-state index is -0.0991. The van der Waals surface area contributed by atoms with Crippen LogP contribution in [-0.2, 0) is 47.3 Å². The molecule has 376 valence electrons. The second-order valence-electron chi connectivity index (χ2n) is 23.2. The van der Waals surface area contributed by atoms with Gasteiger partial charge in [0, 0.05) is 47.0 Å². The molecular weight excluding hydrogens is 1100 g/mol. The van der Waals surface area contributed by atoms with Crippen LogP contribution in [-0.4, -0.2) is 47.7 Å². The van der Waals surface area contributed by atoms with Crippen molar-refractivity contribution >= 4 is 63.7 Å². The van der Waals surface area contributed by atoms with Crippen LogP contribution in [0.3, 0.4) is 0 Å². The number of benzene rings is 4. The van der Waals surface area contributed by atoms with Crippen molar-refractivity contribution in [2.75, 3.05) is 47.7 Å². The van der Waals surface area contributed by atoms with Crippen LogP contribution in [0, 0.1) is 0 Å². The lowest BCUT2D eigenvalue weighted by Crippen LogP contribution is -2.18. The Bertz CT molecular complexity index is 1840. The first-order valence-electron chi connectivity index (χ1n) is 25.5. The van der Waals surface area contributed by atoms with E-state index in [9.17, 15) is 0 Å². The van der Waals surface area contributed by atoms with Gasteiger partial charge >= 0.3 is 0 Å². The normalized spacial score (nSPS) is 13.4. The smallest absolute Gasteiger partial charge is 0.126 e. The molecule has 1 aliphatic carbocycles. The molecule has 0 radical (unpaired) electrons. The SMILES string of the molecule is CC(C)(C)c1cc2c(OCCCCBr)c(c1)Cc1cc(C(C)(C)C)cc(c1OCCCCBr)Cc1cc(C(C)(C)C)cc(c1OCCCCBr)Cc1cc(C(C)(C)C)cc(c1OCCCCBr)C2. The second-order valence-corrected chi connectivity index (χ2v) is 26.4. The van der Waals surface area contributed by atoms with E-state index in [1.54, 1.807) is 0 Å². The topological polar surface area (TPSA) is 36.9 Å². The van der Waals surface area contributed by atoms with Crippen molar-refractivity contribution < 1.29 is 18.9 Å². The van der Waals surface area contributed by atoms with Gasteiger partial charge in [0.25, 0.3) is 0 Å². The number of halogens is 4. The number of hydrogen-bond donors (Lipinski definition) is 0. The molecule has 0 spiro atoms. The second kappa shape index (κ2) is 25.6. The first-order chi connectivity index (χ1) is 32.1. The number of rotatable bonds is 20. The lowest BCUT2D eigenvalue weighted by atomic mass is 9.79. The van der Waals surface area contributed by atoms with Crippen molar-refractivity contribution in [3.63, 3.8) is 0 Å². The fraction of sp³-hybridized carbons (Fsp3) is 0.600. The van der Waals surface area contributed by atoms with E-state index in [-0.39, 0.29) is 21.7 Å². The van der Waals surface area contributed by atoms with Gasteiger partial charge in [0.15, 0.2) is 0 Å². The van der Waals surface area contributed by atoms with Crippen LogP contribution in [0.4, 0.5) is 0 Å². The van der Waals surface area contributed by atoms with Crippen molar-refractivity contribution in [2.24, 2.45) is 0 Å². The van der Waals surface area contributed by atoms with Crippen molar-refractivity contribution in [2.45, 2.75) is 182 Å². The Hall–Kier alpha value is -2.00. The Kier molecular flexibility index (Phi) is 21.4. The molecule has 5 rings (SSSR count). The predicted octanol–water partition coefficient (Wildman–Crippen LogP) is 17.8. The van der Waals surface area contributed by atoms with E-state index < -0.39 is 0 Å². The van der Waals surface area contributed by atoms with Gasteiger partial charge in [-0.1, -0.05) is 195 Å². The summed E-state index contributed by atoms with van der Waals surface area (Å²) in [4.78, 5) is 0. The Morgan fingerprint density at radius 3 is 0.588 bits per heavy atom. The molecule has 0 atom stereocenters. The molecule has 4 aromatic rings. The van der Waals surface area contributed by atoms with Gasteiger partial charge in [-0.3, -0.25) is 0 Å². The average molecular weight is 1190 g/mol. The number of hydrogen-bond acceptors (Lipinski definition) is 4. The maximum Gasteiger partial charge on any atom is 0.126 e. The number of fused-ring (bicyclic) bond motifs is 8. The molecule has 0 heterocycles. The van der Waals surface area contributed by atoms with E-state index in [1.807, 2.05) is 0 Å². The highest BCUT2D eigenvalue weighted by atomic mass is 79.9. The monoisotopic (exact) mass is 1180 g/mol. The van der Waals surface area contributed by atoms with Crippen molar-refractivity contribution in [1.29, 1.82) is 0 Å². The highest BCUT2D eigenvalue weighted by Crippen LogP contribution is 2.44. The van der Waals surface area contributed by atoms with Gasteiger partial charge in [-0.15, -0.1) is 0 Å². The standard InChI is InChI=1S/C60H84Br4O4/c1-57(2,3)49-33-41-29-43-35-50(58(4,5)6)37-45(54(43)66-26-18-14-22-62)31-47-39-52(60(10,11)12)40-48(56(47)68-28-20-16-24-64)32-46-38-51(59(7,8)9)36-44(55(46)67-27-19-15-23-63)30-42(34-49)53(41)65-25-17-13-21-61/h33-40H,13-32H2,1-12H3. The zero-order valence-corrected chi connectivity index (χ0v) is 50.2. The minimum absolute atomic E-state index is 0.0991. The van der Waals surface area contributed by atoms with Crippen molar-refractivity contribution in [3.8, 4) is 23.0 Å². The molecule has 8 heteroatoms. The first-order valence-corrected chi connectivity index (χ1v) is 30.0. The van der Waals surface area contributed by atoms with Gasteiger partial charge in [0.1, 0.15) is 23.0 Å². The van der Waals surface area contributed by atoms with E-state index >= 15 is 0 Å². The summed E-state index contributed by atoms with van der Waals surface area (Å²) in [6, 6.07) is 19.5. The van der Waals surface area contributed by atoms with Crippen molar-refractivity contribution in [3.05, 3.63) is 115 Å². The summed E-state index contributed by atoms with van der Waals surface area (Å²) >= 11 is 14.8. The summed E-state index contributed by atoms with van der Waals surface area (Å²) in [6.07, 6.45) is 10.8. The molecule has 0 saturated heterocycles. The van der Waals surface area contributed by atoms with Crippen LogP contribution in [0.2, 0.25) is 0 Å². The Morgan fingerprint density at radius 1 is 0.294 bits per heavy atom. The molecule has 68 heavy (non-hydrogen) atoms. The molecule has 0 N–H and O–H groups in total. The number of unbranched alkanes of at least 4 members (excludes halogenated alkanes) is 4. The van der Waals surface area contributed by atoms with Crippen LogP contribution in [0.25, 0.3) is 0 Å². The molecule has 0 aliphatic heterocycles. The summed E-state index contributed by atoms with van der Waals surface area (Å²) < 4.78 is 28.6. The van der Waals surface area contributed by atoms with Gasteiger partial charge in [-0.2, -0.15) is 0 Å².